The molecule has 2 amide bonds. The van der Waals surface area contributed by atoms with Gasteiger partial charge in [-0.1, -0.05) is 23.7 Å². The minimum Gasteiger partial charge on any atom is -0.481 e. The number of nitrogens with one attached hydrogen (secondary N) is 1. The first-order valence-corrected chi connectivity index (χ1v) is 17.7. The van der Waals surface area contributed by atoms with Gasteiger partial charge in [-0.2, -0.15) is 0 Å². The van der Waals surface area contributed by atoms with Crippen LogP contribution in [0.3, 0.4) is 0 Å². The van der Waals surface area contributed by atoms with Crippen LogP contribution in [0.4, 0.5) is 18.4 Å². The van der Waals surface area contributed by atoms with E-state index < -0.39 is 82.3 Å². The first kappa shape index (κ1) is 40.0. The molecule has 3 atom stereocenters. The number of fused-ring (bicyclic) bond motifs is 1. The Kier molecular flexibility index (Phi) is 13.6. The number of benzene rings is 2. The third-order valence-corrected chi connectivity index (χ3v) is 9.21. The van der Waals surface area contributed by atoms with Crippen molar-refractivity contribution in [1.29, 1.82) is 0 Å². The Morgan fingerprint density at radius 1 is 1.10 bits per heavy atom. The largest absolute Gasteiger partial charge is 0.510 e. The van der Waals surface area contributed by atoms with Crippen LogP contribution in [0.5, 0.6) is 5.75 Å². The maximum atomic E-state index is 14.6. The van der Waals surface area contributed by atoms with Crippen molar-refractivity contribution >= 4 is 60.0 Å². The van der Waals surface area contributed by atoms with E-state index in [4.69, 9.17) is 35.2 Å². The van der Waals surface area contributed by atoms with E-state index in [1.165, 1.54) is 54.1 Å². The van der Waals surface area contributed by atoms with Gasteiger partial charge in [0.15, 0.2) is 12.1 Å². The number of hydrogen-bond acceptors (Lipinski definition) is 12. The highest BCUT2D eigenvalue weighted by Crippen LogP contribution is 2.48. The highest BCUT2D eigenvalue weighted by atomic mass is 35.5. The summed E-state index contributed by atoms with van der Waals surface area (Å²) >= 11 is 5.81. The summed E-state index contributed by atoms with van der Waals surface area (Å²) in [7, 11) is -4.37. The maximum absolute atomic E-state index is 14.6. The molecule has 0 aliphatic carbocycles. The van der Waals surface area contributed by atoms with Crippen molar-refractivity contribution in [3.05, 3.63) is 64.6 Å². The second-order valence-electron chi connectivity index (χ2n) is 11.6. The number of ketones is 1. The molecule has 2 heterocycles. The van der Waals surface area contributed by atoms with Crippen LogP contribution >= 0.6 is 19.2 Å². The zero-order chi connectivity index (χ0) is 38.2. The quantitative estimate of drug-likeness (QED) is 0.0787. The number of alkyl halides is 1. The van der Waals surface area contributed by atoms with Gasteiger partial charge >= 0.3 is 19.9 Å². The molecule has 282 valence electrons. The Morgan fingerprint density at radius 3 is 2.48 bits per heavy atom. The van der Waals surface area contributed by atoms with Crippen molar-refractivity contribution in [2.24, 2.45) is 0 Å². The molecule has 0 radical (unpaired) electrons. The molecular weight excluding hydrogens is 739 g/mol. The number of halogens is 3. The molecule has 3 aromatic rings. The van der Waals surface area contributed by atoms with Gasteiger partial charge in [-0.15, -0.1) is 0 Å². The first-order chi connectivity index (χ1) is 24.6. The van der Waals surface area contributed by atoms with Crippen LogP contribution in [0.1, 0.15) is 43.1 Å². The number of carbonyl (C=O) groups is 5. The molecule has 0 saturated carbocycles. The molecular formula is C32H35ClF2N3O13P. The average Bonchev–Trinajstić information content (AvgIpc) is 3.64. The number of Topliss-reactive ketones (excluding diaryl/α,β-unsaturated/α-hetero) is 1. The summed E-state index contributed by atoms with van der Waals surface area (Å²) in [6.45, 7) is 1.43. The van der Waals surface area contributed by atoms with Crippen molar-refractivity contribution < 1.29 is 70.4 Å². The zero-order valence-electron chi connectivity index (χ0n) is 28.0. The van der Waals surface area contributed by atoms with Gasteiger partial charge in [0.05, 0.1) is 23.2 Å². The first-order valence-electron chi connectivity index (χ1n) is 15.5. The minimum atomic E-state index is -4.37. The Labute approximate surface area is 300 Å². The van der Waals surface area contributed by atoms with Gasteiger partial charge in [0.1, 0.15) is 30.3 Å². The smallest absolute Gasteiger partial charge is 0.481 e. The fourth-order valence-corrected chi connectivity index (χ4v) is 6.26. The predicted octanol–water partition coefficient (Wildman–Crippen LogP) is 5.63. The van der Waals surface area contributed by atoms with Gasteiger partial charge in [-0.05, 0) is 39.0 Å². The van der Waals surface area contributed by atoms with Crippen molar-refractivity contribution in [2.45, 2.75) is 58.6 Å². The molecule has 0 spiro atoms. The van der Waals surface area contributed by atoms with Gasteiger partial charge in [0.25, 0.3) is 0 Å². The van der Waals surface area contributed by atoms with E-state index in [0.717, 1.165) is 4.90 Å². The number of ether oxygens (including phenoxy) is 4. The minimum absolute atomic E-state index is 0.0246. The van der Waals surface area contributed by atoms with Gasteiger partial charge in [0, 0.05) is 41.7 Å². The molecule has 1 aromatic heterocycles. The van der Waals surface area contributed by atoms with Gasteiger partial charge in [0.2, 0.25) is 25.4 Å². The number of nitrogens with zero attached hydrogens (tertiary/aromatic N) is 2. The van der Waals surface area contributed by atoms with Crippen molar-refractivity contribution in [2.75, 3.05) is 26.5 Å². The average molecular weight is 774 g/mol. The van der Waals surface area contributed by atoms with Crippen LogP contribution < -0.4 is 10.1 Å². The second-order valence-corrected chi connectivity index (χ2v) is 14.0. The van der Waals surface area contributed by atoms with Crippen LogP contribution in [0, 0.1) is 5.82 Å². The van der Waals surface area contributed by atoms with Crippen LogP contribution in [0.15, 0.2) is 42.6 Å². The van der Waals surface area contributed by atoms with Crippen molar-refractivity contribution in [1.82, 2.24) is 14.8 Å². The van der Waals surface area contributed by atoms with Crippen LogP contribution in [-0.4, -0.2) is 89.3 Å². The van der Waals surface area contributed by atoms with E-state index in [1.807, 2.05) is 0 Å². The lowest BCUT2D eigenvalue weighted by atomic mass is 10.1. The molecule has 1 saturated heterocycles. The molecule has 0 bridgehead atoms. The van der Waals surface area contributed by atoms with E-state index in [-0.39, 0.29) is 52.7 Å². The predicted molar refractivity (Wildman–Crippen MR) is 177 cm³/mol. The highest BCUT2D eigenvalue weighted by Gasteiger charge is 2.40. The summed E-state index contributed by atoms with van der Waals surface area (Å²) < 4.78 is 73.0. The lowest BCUT2D eigenvalue weighted by molar-refractivity contribution is -0.139. The molecule has 2 N–H and O–H groups in total. The van der Waals surface area contributed by atoms with E-state index in [9.17, 15) is 37.3 Å². The molecule has 2 aromatic carbocycles. The SMILES string of the molecule is CC(=O)c1cn(CC(=O)N2C[C@H](F)C[C@H]2C(=O)NCc2cccc(Cl)c2F)c2cc(OCP(=O)(OCOC(=O)O)OCOC(=O)OC(C)C)ccc12. The molecule has 1 unspecified atom stereocenters. The zero-order valence-corrected chi connectivity index (χ0v) is 29.7. The molecule has 52 heavy (non-hydrogen) atoms. The third-order valence-electron chi connectivity index (χ3n) is 7.48. The molecule has 16 nitrogen and oxygen atoms in total. The van der Waals surface area contributed by atoms with Crippen LogP contribution in [0.2, 0.25) is 5.02 Å². The molecule has 4 rings (SSSR count). The van der Waals surface area contributed by atoms with E-state index in [2.05, 4.69) is 14.8 Å². The number of amides is 2. The Hall–Kier alpha value is -4.77. The number of carboxylic acid groups (broad SMARTS) is 1. The standard InChI is InChI=1S/C32H35ClF2N3O13P/c1-18(2)51-32(44)47-16-50-52(45,49-15-46-31(42)43)17-48-22-7-8-23-24(19(3)39)13-37(26(23)10-22)14-28(40)38-12-21(34)9-27(38)30(41)36-11-20-5-4-6-25(33)29(20)35/h4-8,10,13,18,21,27H,9,11-12,14-17H2,1-3H3,(H,36,41)(H,42,43)/t21-,27+,52?/m1/s1. The lowest BCUT2D eigenvalue weighted by Gasteiger charge is -2.24. The number of carbonyl (C=O) groups excluding carboxylic acids is 4. The summed E-state index contributed by atoms with van der Waals surface area (Å²) in [4.78, 5) is 62.6. The molecule has 20 heteroatoms. The van der Waals surface area contributed by atoms with Crippen LogP contribution in [-0.2, 0) is 50.5 Å². The van der Waals surface area contributed by atoms with E-state index in [1.54, 1.807) is 13.8 Å². The number of aromatic nitrogens is 1. The molecule has 1 aliphatic heterocycles. The Morgan fingerprint density at radius 2 is 1.81 bits per heavy atom. The van der Waals surface area contributed by atoms with E-state index >= 15 is 0 Å². The van der Waals surface area contributed by atoms with Gasteiger partial charge < -0.3 is 38.8 Å². The Balaban J connectivity index is 1.50. The van der Waals surface area contributed by atoms with E-state index in [0.29, 0.717) is 5.39 Å². The van der Waals surface area contributed by atoms with Crippen LogP contribution in [0.25, 0.3) is 10.9 Å². The van der Waals surface area contributed by atoms with Crippen molar-refractivity contribution in [3.8, 4) is 5.75 Å². The fourth-order valence-electron chi connectivity index (χ4n) is 5.11. The summed E-state index contributed by atoms with van der Waals surface area (Å²) in [6, 6.07) is 7.37. The highest BCUT2D eigenvalue weighted by molar-refractivity contribution is 7.53. The molecule has 1 aliphatic rings. The normalized spacial score (nSPS) is 16.7. The summed E-state index contributed by atoms with van der Waals surface area (Å²) in [5.74, 6) is -2.40. The monoisotopic (exact) mass is 773 g/mol. The maximum Gasteiger partial charge on any atom is 0.510 e. The topological polar surface area (TPSA) is 198 Å². The number of likely N-dealkylation sites (tertiary alicyclic amines) is 1. The Bertz CT molecular complexity index is 1870. The second kappa shape index (κ2) is 17.6. The number of hydrogen-bond donors (Lipinski definition) is 2. The van der Waals surface area contributed by atoms with Gasteiger partial charge in [-0.25, -0.2) is 18.4 Å². The summed E-state index contributed by atoms with van der Waals surface area (Å²) in [5, 5.41) is 11.5. The number of rotatable bonds is 16. The lowest BCUT2D eigenvalue weighted by Crippen LogP contribution is -2.46. The summed E-state index contributed by atoms with van der Waals surface area (Å²) in [5.41, 5.74) is 0.616. The third kappa shape index (κ3) is 10.6. The van der Waals surface area contributed by atoms with Gasteiger partial charge in [-0.3, -0.25) is 28.0 Å². The van der Waals surface area contributed by atoms with Crippen molar-refractivity contribution in [3.63, 3.8) is 0 Å². The fraction of sp³-hybridized carbons (Fsp3) is 0.406. The molecule has 1 fully saturated rings. The summed E-state index contributed by atoms with van der Waals surface area (Å²) in [6.07, 6.45) is -4.63.